The molecule has 1 saturated heterocycles. The maximum Gasteiger partial charge on any atom is 0.268 e. The third-order valence-electron chi connectivity index (χ3n) is 5.18. The first-order valence-corrected chi connectivity index (χ1v) is 9.18. The van der Waals surface area contributed by atoms with Crippen LogP contribution in [0.5, 0.6) is 0 Å². The third kappa shape index (κ3) is 3.54. The van der Waals surface area contributed by atoms with Gasteiger partial charge in [0, 0.05) is 26.2 Å². The van der Waals surface area contributed by atoms with Gasteiger partial charge in [0.05, 0.1) is 12.1 Å². The van der Waals surface area contributed by atoms with Crippen molar-refractivity contribution in [3.8, 4) is 0 Å². The number of hydrogen-bond acceptors (Lipinski definition) is 3. The van der Waals surface area contributed by atoms with E-state index >= 15 is 0 Å². The number of carbonyl (C=O) groups excluding carboxylic acids is 2. The summed E-state index contributed by atoms with van der Waals surface area (Å²) in [7, 11) is 1.89. The monoisotopic (exact) mass is 357 g/mol. The number of carbonyl (C=O) groups is 2. The molecule has 0 bridgehead atoms. The molecule has 1 N–H and O–H groups in total. The van der Waals surface area contributed by atoms with E-state index in [9.17, 15) is 9.59 Å². The molecule has 2 aromatic heterocycles. The molecule has 140 valence electrons. The molecule has 0 unspecified atom stereocenters. The molecule has 0 aromatic carbocycles. The van der Waals surface area contributed by atoms with Crippen LogP contribution in [0, 0.1) is 6.92 Å². The van der Waals surface area contributed by atoms with Crippen LogP contribution in [-0.4, -0.2) is 27.8 Å². The molecule has 0 radical (unpaired) electrons. The maximum absolute atomic E-state index is 12.7. The lowest BCUT2D eigenvalue weighted by Gasteiger charge is -2.35. The van der Waals surface area contributed by atoms with Gasteiger partial charge in [0.2, 0.25) is 5.91 Å². The van der Waals surface area contributed by atoms with Crippen molar-refractivity contribution in [1.29, 1.82) is 0 Å². The Morgan fingerprint density at radius 2 is 2.00 bits per heavy atom. The van der Waals surface area contributed by atoms with Crippen LogP contribution < -0.4 is 5.32 Å². The average molecular weight is 357 g/mol. The second-order valence-corrected chi connectivity index (χ2v) is 7.07. The third-order valence-corrected chi connectivity index (χ3v) is 5.18. The van der Waals surface area contributed by atoms with E-state index in [1.165, 1.54) is 0 Å². The Labute approximate surface area is 154 Å². The van der Waals surface area contributed by atoms with Crippen LogP contribution in [0.1, 0.15) is 72.9 Å². The van der Waals surface area contributed by atoms with Crippen LogP contribution in [0.2, 0.25) is 0 Å². The molecule has 1 fully saturated rings. The van der Waals surface area contributed by atoms with Crippen LogP contribution in [0.25, 0.3) is 0 Å². The summed E-state index contributed by atoms with van der Waals surface area (Å²) in [5.74, 6) is 1.50. The largest absolute Gasteiger partial charge is 0.464 e. The number of rotatable bonds is 4. The standard InChI is InChI=1S/C20H27N3O3/c1-13-8-11-19(26-13)14(2)21-20(25)18-10-9-16(22(18)4)17-7-5-6-12-23(17)15(3)24/h8-11,14,17H,5-7,12H2,1-4H3,(H,21,25)/t14-,17-/m1/s1. The Morgan fingerprint density at radius 3 is 2.65 bits per heavy atom. The zero-order valence-corrected chi connectivity index (χ0v) is 15.9. The number of aryl methyl sites for hydroxylation is 1. The normalized spacial score (nSPS) is 18.6. The van der Waals surface area contributed by atoms with E-state index in [4.69, 9.17) is 4.42 Å². The molecular weight excluding hydrogens is 330 g/mol. The van der Waals surface area contributed by atoms with Gasteiger partial charge in [-0.15, -0.1) is 0 Å². The molecular formula is C20H27N3O3. The predicted molar refractivity (Wildman–Crippen MR) is 98.7 cm³/mol. The summed E-state index contributed by atoms with van der Waals surface area (Å²) < 4.78 is 7.49. The zero-order valence-electron chi connectivity index (χ0n) is 15.9. The highest BCUT2D eigenvalue weighted by Crippen LogP contribution is 2.31. The number of likely N-dealkylation sites (tertiary alicyclic amines) is 1. The molecule has 26 heavy (non-hydrogen) atoms. The number of piperidine rings is 1. The summed E-state index contributed by atoms with van der Waals surface area (Å²) in [6.45, 7) is 6.18. The maximum atomic E-state index is 12.7. The predicted octanol–water partition coefficient (Wildman–Crippen LogP) is 3.49. The topological polar surface area (TPSA) is 67.5 Å². The quantitative estimate of drug-likeness (QED) is 0.911. The van der Waals surface area contributed by atoms with E-state index in [0.717, 1.165) is 43.0 Å². The van der Waals surface area contributed by atoms with Crippen LogP contribution in [-0.2, 0) is 11.8 Å². The van der Waals surface area contributed by atoms with Crippen molar-refractivity contribution in [2.45, 2.75) is 52.1 Å². The van der Waals surface area contributed by atoms with E-state index in [1.54, 1.807) is 6.92 Å². The minimum absolute atomic E-state index is 0.0398. The number of aromatic nitrogens is 1. The average Bonchev–Trinajstić information content (AvgIpc) is 3.20. The molecule has 6 nitrogen and oxygen atoms in total. The second kappa shape index (κ2) is 7.40. The summed E-state index contributed by atoms with van der Waals surface area (Å²) in [5.41, 5.74) is 1.59. The van der Waals surface area contributed by atoms with Gasteiger partial charge in [0.1, 0.15) is 17.2 Å². The number of hydrogen-bond donors (Lipinski definition) is 1. The molecule has 0 aliphatic carbocycles. The summed E-state index contributed by atoms with van der Waals surface area (Å²) in [4.78, 5) is 26.6. The Morgan fingerprint density at radius 1 is 1.23 bits per heavy atom. The van der Waals surface area contributed by atoms with Crippen LogP contribution >= 0.6 is 0 Å². The van der Waals surface area contributed by atoms with E-state index in [0.29, 0.717) is 5.69 Å². The summed E-state index contributed by atoms with van der Waals surface area (Å²) in [5, 5.41) is 2.98. The van der Waals surface area contributed by atoms with Gasteiger partial charge in [0.25, 0.3) is 5.91 Å². The summed E-state index contributed by atoms with van der Waals surface area (Å²) in [6, 6.07) is 7.39. The SMILES string of the molecule is CC(=O)N1CCCC[C@@H]1c1ccc(C(=O)N[C@H](C)c2ccc(C)o2)n1C. The van der Waals surface area contributed by atoms with Crippen molar-refractivity contribution in [2.24, 2.45) is 7.05 Å². The van der Waals surface area contributed by atoms with Crippen LogP contribution in [0.15, 0.2) is 28.7 Å². The Bertz CT molecular complexity index is 805. The molecule has 1 aliphatic rings. The fraction of sp³-hybridized carbons (Fsp3) is 0.500. The molecule has 0 saturated carbocycles. The van der Waals surface area contributed by atoms with Gasteiger partial charge in [0.15, 0.2) is 0 Å². The van der Waals surface area contributed by atoms with E-state index in [2.05, 4.69) is 5.32 Å². The van der Waals surface area contributed by atoms with Gasteiger partial charge in [-0.2, -0.15) is 0 Å². The molecule has 2 aromatic rings. The molecule has 3 heterocycles. The Balaban J connectivity index is 1.77. The minimum Gasteiger partial charge on any atom is -0.464 e. The van der Waals surface area contributed by atoms with Crippen molar-refractivity contribution < 1.29 is 14.0 Å². The number of nitrogens with zero attached hydrogens (tertiary/aromatic N) is 2. The van der Waals surface area contributed by atoms with Crippen molar-refractivity contribution in [1.82, 2.24) is 14.8 Å². The zero-order chi connectivity index (χ0) is 18.8. The smallest absolute Gasteiger partial charge is 0.268 e. The molecule has 0 spiro atoms. The van der Waals surface area contributed by atoms with E-state index in [-0.39, 0.29) is 23.9 Å². The second-order valence-electron chi connectivity index (χ2n) is 7.07. The van der Waals surface area contributed by atoms with Crippen LogP contribution in [0.3, 0.4) is 0 Å². The first kappa shape index (κ1) is 18.3. The lowest BCUT2D eigenvalue weighted by molar-refractivity contribution is -0.132. The van der Waals surface area contributed by atoms with Gasteiger partial charge in [-0.25, -0.2) is 0 Å². The number of amides is 2. The number of nitrogens with one attached hydrogen (secondary N) is 1. The highest BCUT2D eigenvalue weighted by Gasteiger charge is 2.29. The highest BCUT2D eigenvalue weighted by atomic mass is 16.3. The van der Waals surface area contributed by atoms with Crippen molar-refractivity contribution >= 4 is 11.8 Å². The van der Waals surface area contributed by atoms with E-state index in [1.807, 2.05) is 54.6 Å². The summed E-state index contributed by atoms with van der Waals surface area (Å²) >= 11 is 0. The Hall–Kier alpha value is -2.50. The summed E-state index contributed by atoms with van der Waals surface area (Å²) in [6.07, 6.45) is 3.06. The van der Waals surface area contributed by atoms with Gasteiger partial charge in [-0.1, -0.05) is 0 Å². The minimum atomic E-state index is -0.210. The molecule has 3 rings (SSSR count). The number of furan rings is 1. The van der Waals surface area contributed by atoms with Crippen molar-refractivity contribution in [2.75, 3.05) is 6.54 Å². The van der Waals surface area contributed by atoms with E-state index < -0.39 is 0 Å². The molecule has 1 aliphatic heterocycles. The lowest BCUT2D eigenvalue weighted by Crippen LogP contribution is -2.38. The van der Waals surface area contributed by atoms with Crippen molar-refractivity contribution in [3.05, 3.63) is 47.2 Å². The first-order chi connectivity index (χ1) is 12.4. The molecule has 6 heteroatoms. The molecule has 2 amide bonds. The highest BCUT2D eigenvalue weighted by molar-refractivity contribution is 5.93. The Kier molecular flexibility index (Phi) is 5.20. The first-order valence-electron chi connectivity index (χ1n) is 9.18. The van der Waals surface area contributed by atoms with Gasteiger partial charge in [-0.3, -0.25) is 9.59 Å². The lowest BCUT2D eigenvalue weighted by atomic mass is 9.99. The van der Waals surface area contributed by atoms with Gasteiger partial charge < -0.3 is 19.2 Å². The van der Waals surface area contributed by atoms with Crippen molar-refractivity contribution in [3.63, 3.8) is 0 Å². The fourth-order valence-electron chi connectivity index (χ4n) is 3.73. The fourth-order valence-corrected chi connectivity index (χ4v) is 3.73. The van der Waals surface area contributed by atoms with Gasteiger partial charge in [-0.05, 0) is 57.4 Å². The van der Waals surface area contributed by atoms with Gasteiger partial charge >= 0.3 is 0 Å². The van der Waals surface area contributed by atoms with Crippen LogP contribution in [0.4, 0.5) is 0 Å². The molecule has 2 atom stereocenters.